The smallest absolute Gasteiger partial charge is 0.259 e. The third kappa shape index (κ3) is 20.5. The quantitative estimate of drug-likeness (QED) is 0.0271. The van der Waals surface area contributed by atoms with Crippen molar-refractivity contribution in [3.05, 3.63) is 230 Å². The first-order chi connectivity index (χ1) is 60.8. The van der Waals surface area contributed by atoms with E-state index in [4.69, 9.17) is 96.8 Å². The average Bonchev–Trinajstić information content (AvgIpc) is 1.60. The number of nitrogens with one attached hydrogen (secondary N) is 1. The summed E-state index contributed by atoms with van der Waals surface area (Å²) in [5, 5.41) is 11.5. The number of nitriles is 1. The molecular weight excluding hydrogens is 1750 g/mol. The fourth-order valence-corrected chi connectivity index (χ4v) is 17.5. The van der Waals surface area contributed by atoms with Gasteiger partial charge in [0.25, 0.3) is 23.6 Å². The Balaban J connectivity index is 0.000000194. The summed E-state index contributed by atoms with van der Waals surface area (Å²) < 4.78 is 65.2. The number of piperidine rings is 1. The number of amides is 6. The number of unbranched alkanes of at least 4 members (excludes halogenated alkanes) is 2. The molecule has 4 aromatic carbocycles. The molecular formula is C94H98ClF4N19O7S4. The second-order valence-electron chi connectivity index (χ2n) is 32.5. The fraction of sp³-hybridized carbons (Fsp3) is 0.372. The second kappa shape index (κ2) is 42.4. The lowest BCUT2D eigenvalue weighted by Gasteiger charge is -2.29. The first-order valence-electron chi connectivity index (χ1n) is 41.1. The molecule has 0 bridgehead atoms. The standard InChI is InChI=1S/C27H30FN5O2S.C23H24FN5O2S.C22H20FN5O2S.C21H20ClFN4OS.CH4/c1-18-21(29-4)13-14-22(24(18)28)32-25(35)27(2,3)33(26(32)36)20-12-11-19(30-17-20)9-8-10-23(34)31-15-6-5-7-16-31;1-14-17(25-4)11-12-18(20(14)24)28-21(31)23(2,3)29(22(28)32)16-10-9-15(27-13-16)7-6-8-19(30)26-5;1-22(2)20(29)27(17-11-10-16(25-3)19(30-4)18(17)23)21(31)28(22)15-9-8-14(26-13-15)7-5-6-12-24;1-5-6-7-13-8-9-14(12-25-13)27-20(29)26(19(28)21(27,2)3)16-11-10-15(24-4)17(22)18(16)23;/h11-14,17H,5-10,15-16H2,1-3H3;9-13H,6-8H2,1-3,5H3,(H,26,30);8-11,13H,5-7H2,1-2,4H3;8-12H,5-7H2,1-3H3;1H4. The molecule has 0 atom stereocenters. The van der Waals surface area contributed by atoms with E-state index in [0.717, 1.165) is 84.2 Å². The highest BCUT2D eigenvalue weighted by molar-refractivity contribution is 7.81. The van der Waals surface area contributed by atoms with Gasteiger partial charge in [0.2, 0.25) is 23.2 Å². The lowest BCUT2D eigenvalue weighted by molar-refractivity contribution is -0.132. The Hall–Kier alpha value is -12.9. The number of carbonyl (C=O) groups is 6. The van der Waals surface area contributed by atoms with Crippen LogP contribution < -0.4 is 49.3 Å². The van der Waals surface area contributed by atoms with Crippen molar-refractivity contribution < 1.29 is 51.1 Å². The van der Waals surface area contributed by atoms with Crippen molar-refractivity contribution in [3.8, 4) is 11.8 Å². The number of thiocarbonyl (C=S) groups is 4. The van der Waals surface area contributed by atoms with Gasteiger partial charge in [-0.1, -0.05) is 56.6 Å². The van der Waals surface area contributed by atoms with Crippen LogP contribution in [0.1, 0.15) is 174 Å². The largest absolute Gasteiger partial charge is 0.505 e. The van der Waals surface area contributed by atoms with Crippen LogP contribution in [0.5, 0.6) is 5.75 Å². The number of carbonyl (C=O) groups excluding carboxylic acids is 6. The average molecular weight is 1850 g/mol. The van der Waals surface area contributed by atoms with Gasteiger partial charge in [-0.25, -0.2) is 36.9 Å². The molecule has 5 aliphatic rings. The van der Waals surface area contributed by atoms with Crippen molar-refractivity contribution in [1.29, 1.82) is 5.26 Å². The maximum Gasteiger partial charge on any atom is 0.259 e. The summed E-state index contributed by atoms with van der Waals surface area (Å²) in [5.41, 5.74) is 2.37. The maximum atomic E-state index is 15.1. The normalized spacial score (nSPS) is 15.8. The van der Waals surface area contributed by atoms with Crippen molar-refractivity contribution in [3.63, 3.8) is 0 Å². The van der Waals surface area contributed by atoms with E-state index in [9.17, 15) is 33.2 Å². The number of nitrogens with zero attached hydrogens (tertiary/aromatic N) is 18. The molecule has 9 heterocycles. The minimum Gasteiger partial charge on any atom is -0.505 e. The first-order valence-corrected chi connectivity index (χ1v) is 43.1. The van der Waals surface area contributed by atoms with Crippen LogP contribution in [-0.2, 0) is 54.5 Å². The van der Waals surface area contributed by atoms with Gasteiger partial charge >= 0.3 is 0 Å². The molecule has 5 saturated heterocycles. The number of methoxy groups -OCH3 is 1. The number of rotatable bonds is 23. The zero-order chi connectivity index (χ0) is 93.8. The third-order valence-corrected chi connectivity index (χ3v) is 24.3. The van der Waals surface area contributed by atoms with Crippen molar-refractivity contribution in [2.75, 3.05) is 66.4 Å². The molecule has 5 aliphatic heterocycles. The topological polar surface area (TPSA) is 246 Å². The highest BCUT2D eigenvalue weighted by Gasteiger charge is 2.55. The molecule has 13 rings (SSSR count). The minimum atomic E-state index is -1.08. The fourth-order valence-electron chi connectivity index (χ4n) is 15.2. The van der Waals surface area contributed by atoms with E-state index in [0.29, 0.717) is 74.1 Å². The number of hydrogen-bond donors (Lipinski definition) is 1. The zero-order valence-electron chi connectivity index (χ0n) is 73.0. The highest BCUT2D eigenvalue weighted by atomic mass is 35.5. The molecule has 4 aromatic heterocycles. The molecule has 129 heavy (non-hydrogen) atoms. The van der Waals surface area contributed by atoms with Crippen LogP contribution in [0.2, 0.25) is 5.02 Å². The van der Waals surface area contributed by atoms with Crippen molar-refractivity contribution >= 4 is 185 Å². The van der Waals surface area contributed by atoms with Crippen LogP contribution in [0.4, 0.5) is 85.8 Å². The van der Waals surface area contributed by atoms with Gasteiger partial charge in [-0.05, 0) is 273 Å². The molecule has 35 heteroatoms. The van der Waals surface area contributed by atoms with Gasteiger partial charge in [-0.3, -0.25) is 68.3 Å². The van der Waals surface area contributed by atoms with Crippen molar-refractivity contribution in [2.45, 2.75) is 202 Å². The molecule has 6 amide bonds. The predicted octanol–water partition coefficient (Wildman–Crippen LogP) is 20.3. The minimum absolute atomic E-state index is 0. The number of aromatic nitrogens is 4. The Morgan fingerprint density at radius 3 is 1.12 bits per heavy atom. The van der Waals surface area contributed by atoms with Crippen LogP contribution in [-0.4, -0.2) is 130 Å². The number of hydrogen-bond acceptors (Lipinski definition) is 16. The Morgan fingerprint density at radius 2 is 0.798 bits per heavy atom. The van der Waals surface area contributed by atoms with E-state index >= 15 is 13.2 Å². The van der Waals surface area contributed by atoms with E-state index in [1.165, 1.54) is 85.7 Å². The summed E-state index contributed by atoms with van der Waals surface area (Å²) in [6, 6.07) is 28.2. The SMILES string of the molecule is C.[C-]#[N+]c1ccc(N2C(=O)C(C)(C)N(c3ccc(CCCC#N)nc3)C2=S)c(F)c1OC.[C-]#[N+]c1ccc(N2C(=O)C(C)(C)N(c3ccc(CCCC(=O)N4CCCCC4)nc3)C2=S)c(F)c1C.[C-]#[N+]c1ccc(N2C(=O)C(C)(C)N(c3ccc(CCCC(=O)NC)nc3)C2=S)c(F)c1C.[C-]#[N+]c1ccc(N2C(=O)C(C)(C)N(c3ccc(CCCC)nc3)C2=S)c(F)c1Cl. The summed E-state index contributed by atoms with van der Waals surface area (Å²) in [6.45, 7) is 49.2. The predicted molar refractivity (Wildman–Crippen MR) is 509 cm³/mol. The van der Waals surface area contributed by atoms with Crippen LogP contribution in [0.15, 0.2) is 122 Å². The van der Waals surface area contributed by atoms with Gasteiger partial charge in [0, 0.05) is 62.2 Å². The zero-order valence-corrected chi connectivity index (χ0v) is 77.0. The number of ether oxygens (including phenoxy) is 1. The van der Waals surface area contributed by atoms with Crippen LogP contribution in [0.3, 0.4) is 0 Å². The molecule has 26 nitrogen and oxygen atoms in total. The lowest BCUT2D eigenvalue weighted by atomic mass is 10.0. The second-order valence-corrected chi connectivity index (χ2v) is 34.3. The molecule has 670 valence electrons. The van der Waals surface area contributed by atoms with E-state index < -0.39 is 51.3 Å². The Labute approximate surface area is 776 Å². The third-order valence-electron chi connectivity index (χ3n) is 22.5. The van der Waals surface area contributed by atoms with Crippen LogP contribution in [0.25, 0.3) is 19.4 Å². The van der Waals surface area contributed by atoms with Crippen molar-refractivity contribution in [1.82, 2.24) is 30.2 Å². The summed E-state index contributed by atoms with van der Waals surface area (Å²) in [7, 11) is 2.87. The number of anilines is 8. The van der Waals surface area contributed by atoms with Crippen LogP contribution >= 0.6 is 60.5 Å². The number of pyridine rings is 4. The molecule has 0 radical (unpaired) electrons. The van der Waals surface area contributed by atoms with E-state index in [1.54, 1.807) is 113 Å². The van der Waals surface area contributed by atoms with Gasteiger partial charge in [0.05, 0.1) is 115 Å². The first kappa shape index (κ1) is 99.9. The number of benzene rings is 4. The highest BCUT2D eigenvalue weighted by Crippen LogP contribution is 2.46. The molecule has 0 saturated carbocycles. The van der Waals surface area contributed by atoms with Gasteiger partial charge in [-0.15, -0.1) is 0 Å². The van der Waals surface area contributed by atoms with Crippen LogP contribution in [0, 0.1) is 74.7 Å². The van der Waals surface area contributed by atoms with E-state index in [2.05, 4.69) is 57.6 Å². The maximum absolute atomic E-state index is 15.1. The Bertz CT molecular complexity index is 5920. The van der Waals surface area contributed by atoms with Gasteiger partial charge in [-0.2, -0.15) is 5.26 Å². The van der Waals surface area contributed by atoms with Crippen molar-refractivity contribution in [2.24, 2.45) is 0 Å². The monoisotopic (exact) mass is 1840 g/mol. The molecule has 0 unspecified atom stereocenters. The summed E-state index contributed by atoms with van der Waals surface area (Å²) >= 11 is 28.3. The summed E-state index contributed by atoms with van der Waals surface area (Å²) in [5.74, 6) is -4.51. The molecule has 0 aliphatic carbocycles. The molecule has 0 spiro atoms. The van der Waals surface area contributed by atoms with Gasteiger partial charge in [0.15, 0.2) is 49.2 Å². The van der Waals surface area contributed by atoms with Gasteiger partial charge in [0.1, 0.15) is 33.8 Å². The summed E-state index contributed by atoms with van der Waals surface area (Å²) in [6.07, 6.45) is 18.5. The Morgan fingerprint density at radius 1 is 0.481 bits per heavy atom. The molecule has 8 aromatic rings. The lowest BCUT2D eigenvalue weighted by Crippen LogP contribution is -2.44. The van der Waals surface area contributed by atoms with E-state index in [1.807, 2.05) is 47.4 Å². The Kier molecular flexibility index (Phi) is 32.8. The van der Waals surface area contributed by atoms with Gasteiger partial charge < -0.3 is 34.6 Å². The summed E-state index contributed by atoms with van der Waals surface area (Å²) in [4.78, 5) is 121. The number of halogens is 5. The number of likely N-dealkylation sites (tertiary alicyclic amines) is 1. The molecule has 1 N–H and O–H groups in total. The molecule has 5 fully saturated rings. The van der Waals surface area contributed by atoms with E-state index in [-0.39, 0.29) is 125 Å². The number of aryl methyl sites for hydroxylation is 4.